The molecule has 230 valence electrons. The molecule has 0 spiro atoms. The van der Waals surface area contributed by atoms with Gasteiger partial charge in [0.25, 0.3) is 10.2 Å². The monoisotopic (exact) mass is 615 g/mol. The molecule has 7 N–H and O–H groups in total. The number of fused-ring (bicyclic) bond motifs is 3. The minimum Gasteiger partial charge on any atom is -0.492 e. The molecule has 4 heterocycles. The molecule has 0 amide bonds. The van der Waals surface area contributed by atoms with Crippen LogP contribution in [0.1, 0.15) is 43.4 Å². The summed E-state index contributed by atoms with van der Waals surface area (Å²) in [5, 5.41) is 27.0. The zero-order chi connectivity index (χ0) is 30.5. The van der Waals surface area contributed by atoms with Gasteiger partial charge in [-0.1, -0.05) is 11.8 Å². The van der Waals surface area contributed by atoms with Gasteiger partial charge in [-0.3, -0.25) is 0 Å². The first-order valence-corrected chi connectivity index (χ1v) is 15.7. The quantitative estimate of drug-likeness (QED) is 0.233. The summed E-state index contributed by atoms with van der Waals surface area (Å²) in [6, 6.07) is 2.58. The molecule has 1 aromatic carbocycles. The van der Waals surface area contributed by atoms with E-state index in [0.29, 0.717) is 47.7 Å². The van der Waals surface area contributed by atoms with E-state index in [1.165, 1.54) is 12.4 Å². The Morgan fingerprint density at radius 2 is 1.93 bits per heavy atom. The van der Waals surface area contributed by atoms with Crippen molar-refractivity contribution in [3.8, 4) is 17.6 Å². The zero-order valence-electron chi connectivity index (χ0n) is 23.5. The van der Waals surface area contributed by atoms with E-state index >= 15 is 4.39 Å². The Morgan fingerprint density at radius 3 is 2.63 bits per heavy atom. The Kier molecular flexibility index (Phi) is 7.92. The predicted octanol–water partition coefficient (Wildman–Crippen LogP) is 0.395. The first kappa shape index (κ1) is 29.5. The minimum atomic E-state index is -3.98. The Bertz CT molecular complexity index is 1690. The number of anilines is 2. The molecule has 2 saturated heterocycles. The van der Waals surface area contributed by atoms with Gasteiger partial charge >= 0.3 is 0 Å². The molecule has 3 aromatic rings. The number of hydrogen-bond donors (Lipinski definition) is 5. The van der Waals surface area contributed by atoms with Crippen molar-refractivity contribution in [3.05, 3.63) is 41.6 Å². The maximum atomic E-state index is 15.6. The number of benzene rings is 1. The number of ether oxygens (including phenoxy) is 2. The topological polar surface area (TPSA) is 191 Å². The largest absolute Gasteiger partial charge is 0.492 e. The number of nitrogens with one attached hydrogen (secondary N) is 1. The molecule has 2 aromatic heterocycles. The molecule has 43 heavy (non-hydrogen) atoms. The summed E-state index contributed by atoms with van der Waals surface area (Å²) in [7, 11) is -3.98. The number of morpholine rings is 1. The molecule has 13 nitrogen and oxygen atoms in total. The van der Waals surface area contributed by atoms with Crippen LogP contribution in [0.5, 0.6) is 5.75 Å². The summed E-state index contributed by atoms with van der Waals surface area (Å²) < 4.78 is 53.9. The van der Waals surface area contributed by atoms with Gasteiger partial charge in [-0.25, -0.2) is 24.2 Å². The van der Waals surface area contributed by atoms with Crippen LogP contribution in [0.15, 0.2) is 24.7 Å². The zero-order valence-corrected chi connectivity index (χ0v) is 24.3. The number of aromatic nitrogens is 3. The number of nitrogens with zero attached hydrogens (tertiary/aromatic N) is 4. The average Bonchev–Trinajstić information content (AvgIpc) is 3.59. The second-order valence-corrected chi connectivity index (χ2v) is 12.6. The van der Waals surface area contributed by atoms with Crippen LogP contribution in [0.25, 0.3) is 11.0 Å². The van der Waals surface area contributed by atoms with Gasteiger partial charge in [0, 0.05) is 43.5 Å². The summed E-state index contributed by atoms with van der Waals surface area (Å²) >= 11 is 0. The van der Waals surface area contributed by atoms with E-state index in [1.54, 1.807) is 16.8 Å². The lowest BCUT2D eigenvalue weighted by atomic mass is 10.1. The molecule has 2 bridgehead atoms. The van der Waals surface area contributed by atoms with Gasteiger partial charge in [0.2, 0.25) is 0 Å². The molecule has 6 rings (SSSR count). The van der Waals surface area contributed by atoms with Crippen molar-refractivity contribution in [2.45, 2.75) is 56.6 Å². The van der Waals surface area contributed by atoms with Crippen molar-refractivity contribution >= 4 is 32.7 Å². The SMILES string of the molecule is CCOc1cc(N2CC3CCC(C2)O3)cc(F)c1C#Cc1cn([C@@H]2C[C@H](CNS(N)(=O)=O)[C@@H](O)[C@H]2O)c2ncnc(N)c12. The molecule has 15 heteroatoms. The van der Waals surface area contributed by atoms with Crippen LogP contribution in [0, 0.1) is 23.6 Å². The Hall–Kier alpha value is -3.52. The summed E-state index contributed by atoms with van der Waals surface area (Å²) in [5.41, 5.74) is 7.75. The third-order valence-electron chi connectivity index (χ3n) is 8.38. The fourth-order valence-corrected chi connectivity index (χ4v) is 6.80. The van der Waals surface area contributed by atoms with Crippen LogP contribution in [-0.4, -0.2) is 83.8 Å². The predicted molar refractivity (Wildman–Crippen MR) is 156 cm³/mol. The standard InChI is InChI=1S/C28H34FN7O6S/c1-2-41-23-9-17(35-12-18-4-5-19(13-35)42-18)8-21(29)20(23)6-3-15-11-36(28-24(15)27(30)32-14-33-28)22-7-16(25(37)26(22)38)10-34-43(31,39)40/h8-9,11,14,16,18-19,22,25-26,34,37-38H,2,4-5,7,10,12-13H2,1H3,(H2,30,32,33)(H2,31,39,40)/t16-,18?,19?,22-,25-,26+/m1/s1. The van der Waals surface area contributed by atoms with Crippen LogP contribution >= 0.6 is 0 Å². The lowest BCUT2D eigenvalue weighted by Crippen LogP contribution is -2.42. The molecular formula is C28H34FN7O6S. The molecule has 3 fully saturated rings. The average molecular weight is 616 g/mol. The van der Waals surface area contributed by atoms with E-state index in [-0.39, 0.29) is 36.6 Å². The summed E-state index contributed by atoms with van der Waals surface area (Å²) in [6.07, 6.45) is 2.90. The number of nitrogen functional groups attached to an aromatic ring is 1. The fraction of sp³-hybridized carbons (Fsp3) is 0.500. The first-order valence-electron chi connectivity index (χ1n) is 14.2. The molecule has 6 atom stereocenters. The van der Waals surface area contributed by atoms with E-state index < -0.39 is 40.2 Å². The Balaban J connectivity index is 1.34. The van der Waals surface area contributed by atoms with Crippen molar-refractivity contribution in [2.24, 2.45) is 11.1 Å². The van der Waals surface area contributed by atoms with Crippen LogP contribution in [0.3, 0.4) is 0 Å². The highest BCUT2D eigenvalue weighted by Crippen LogP contribution is 2.39. The molecule has 1 aliphatic carbocycles. The molecule has 2 unspecified atom stereocenters. The smallest absolute Gasteiger partial charge is 0.274 e. The van der Waals surface area contributed by atoms with Gasteiger partial charge in [-0.2, -0.15) is 8.42 Å². The van der Waals surface area contributed by atoms with Crippen molar-refractivity contribution in [1.82, 2.24) is 19.3 Å². The van der Waals surface area contributed by atoms with Crippen molar-refractivity contribution in [3.63, 3.8) is 0 Å². The van der Waals surface area contributed by atoms with Crippen molar-refractivity contribution in [1.29, 1.82) is 0 Å². The van der Waals surface area contributed by atoms with E-state index in [2.05, 4.69) is 31.4 Å². The Morgan fingerprint density at radius 1 is 1.19 bits per heavy atom. The van der Waals surface area contributed by atoms with Gasteiger partial charge in [0.15, 0.2) is 0 Å². The van der Waals surface area contributed by atoms with Crippen LogP contribution in [0.2, 0.25) is 0 Å². The maximum absolute atomic E-state index is 15.6. The summed E-state index contributed by atoms with van der Waals surface area (Å²) in [4.78, 5) is 10.5. The van der Waals surface area contributed by atoms with Gasteiger partial charge in [-0.05, 0) is 32.3 Å². The highest BCUT2D eigenvalue weighted by molar-refractivity contribution is 7.87. The molecule has 1 saturated carbocycles. The minimum absolute atomic E-state index is 0.0867. The highest BCUT2D eigenvalue weighted by Gasteiger charge is 2.43. The highest BCUT2D eigenvalue weighted by atomic mass is 32.2. The lowest BCUT2D eigenvalue weighted by Gasteiger charge is -2.34. The van der Waals surface area contributed by atoms with Crippen LogP contribution < -0.4 is 25.2 Å². The summed E-state index contributed by atoms with van der Waals surface area (Å²) in [6.45, 7) is 3.35. The number of aliphatic hydroxyl groups is 2. The second kappa shape index (κ2) is 11.5. The van der Waals surface area contributed by atoms with E-state index in [0.717, 1.165) is 12.8 Å². The van der Waals surface area contributed by atoms with E-state index in [1.807, 2.05) is 6.92 Å². The molecular weight excluding hydrogens is 581 g/mol. The first-order chi connectivity index (χ1) is 20.5. The van der Waals surface area contributed by atoms with Crippen LogP contribution in [-0.2, 0) is 14.9 Å². The van der Waals surface area contributed by atoms with Gasteiger partial charge < -0.3 is 34.9 Å². The van der Waals surface area contributed by atoms with Crippen molar-refractivity contribution in [2.75, 3.05) is 36.9 Å². The third-order valence-corrected chi connectivity index (χ3v) is 8.95. The molecule has 0 radical (unpaired) electrons. The normalized spacial score (nSPS) is 27.0. The third kappa shape index (κ3) is 5.86. The number of halogens is 1. The second-order valence-electron chi connectivity index (χ2n) is 11.2. The number of aliphatic hydroxyl groups excluding tert-OH is 2. The van der Waals surface area contributed by atoms with Gasteiger partial charge in [0.05, 0.1) is 41.9 Å². The van der Waals surface area contributed by atoms with E-state index in [9.17, 15) is 18.6 Å². The van der Waals surface area contributed by atoms with E-state index in [4.69, 9.17) is 20.3 Å². The number of rotatable bonds is 7. The maximum Gasteiger partial charge on any atom is 0.274 e. The Labute approximate surface area is 248 Å². The summed E-state index contributed by atoms with van der Waals surface area (Å²) in [5.74, 6) is 5.21. The fourth-order valence-electron chi connectivity index (χ4n) is 6.35. The number of nitrogens with two attached hydrogens (primary N) is 2. The molecule has 3 aliphatic rings. The van der Waals surface area contributed by atoms with Gasteiger partial charge in [-0.15, -0.1) is 0 Å². The van der Waals surface area contributed by atoms with Gasteiger partial charge in [0.1, 0.15) is 41.0 Å². The lowest BCUT2D eigenvalue weighted by molar-refractivity contribution is 0.00769. The van der Waals surface area contributed by atoms with Crippen molar-refractivity contribution < 1.29 is 32.5 Å². The van der Waals surface area contributed by atoms with Crippen LogP contribution in [0.4, 0.5) is 15.9 Å². The number of hydrogen-bond acceptors (Lipinski definition) is 10. The molecule has 2 aliphatic heterocycles.